The lowest BCUT2D eigenvalue weighted by atomic mass is 9.69. The Bertz CT molecular complexity index is 1140. The number of fused-ring (bicyclic) bond motifs is 2. The first kappa shape index (κ1) is 20.9. The molecule has 32 heavy (non-hydrogen) atoms. The summed E-state index contributed by atoms with van der Waals surface area (Å²) >= 11 is 1.54. The molecule has 5 rings (SSSR count). The first-order chi connectivity index (χ1) is 15.5. The summed E-state index contributed by atoms with van der Waals surface area (Å²) in [6.45, 7) is 2.46. The van der Waals surface area contributed by atoms with Gasteiger partial charge in [-0.3, -0.25) is 14.3 Å². The molecule has 4 heterocycles. The third kappa shape index (κ3) is 3.64. The minimum atomic E-state index is -0.617. The molecule has 0 radical (unpaired) electrons. The van der Waals surface area contributed by atoms with Crippen LogP contribution in [0.15, 0.2) is 54.9 Å². The van der Waals surface area contributed by atoms with Crippen LogP contribution in [0, 0.1) is 12.3 Å². The van der Waals surface area contributed by atoms with Crippen molar-refractivity contribution in [1.82, 2.24) is 20.0 Å². The first-order valence-corrected chi connectivity index (χ1v) is 12.0. The second-order valence-electron chi connectivity index (χ2n) is 9.10. The van der Waals surface area contributed by atoms with Gasteiger partial charge in [0.15, 0.2) is 0 Å². The summed E-state index contributed by atoms with van der Waals surface area (Å²) in [7, 11) is 1.87. The maximum atomic E-state index is 13.8. The molecular weight excluding hydrogens is 420 g/mol. The zero-order valence-electron chi connectivity index (χ0n) is 18.5. The van der Waals surface area contributed by atoms with E-state index >= 15 is 0 Å². The molecule has 166 valence electrons. The van der Waals surface area contributed by atoms with Gasteiger partial charge in [0.25, 0.3) is 5.91 Å². The molecule has 3 atom stereocenters. The topological polar surface area (TPSA) is 67.2 Å². The number of aryl methyl sites for hydroxylation is 2. The van der Waals surface area contributed by atoms with E-state index < -0.39 is 5.41 Å². The number of carbonyl (C=O) groups is 2. The standard InChI is InChI=1S/C25H28N4O2S/c1-17-8-10-21(32-17)23(30)29-20-9-11-22(29)25(13-20,12-18-6-4-3-5-7-18)24(31)26-14-19-15-27-28(2)16-19/h3-8,10,15-16,20,22H,9,11-14H2,1-2H3,(H,26,31)/t20-,22+,25+/m1/s1. The molecular formula is C25H28N4O2S. The van der Waals surface area contributed by atoms with Crippen molar-refractivity contribution in [3.8, 4) is 0 Å². The fourth-order valence-corrected chi connectivity index (χ4v) is 6.37. The highest BCUT2D eigenvalue weighted by Gasteiger charge is 2.61. The van der Waals surface area contributed by atoms with E-state index in [4.69, 9.17) is 0 Å². The van der Waals surface area contributed by atoms with Crippen molar-refractivity contribution in [3.63, 3.8) is 0 Å². The van der Waals surface area contributed by atoms with Gasteiger partial charge in [-0.2, -0.15) is 5.10 Å². The lowest BCUT2D eigenvalue weighted by Crippen LogP contribution is -2.51. The van der Waals surface area contributed by atoms with Gasteiger partial charge in [0.05, 0.1) is 16.5 Å². The maximum Gasteiger partial charge on any atom is 0.264 e. The summed E-state index contributed by atoms with van der Waals surface area (Å²) in [6.07, 6.45) is 6.88. The number of nitrogens with zero attached hydrogens (tertiary/aromatic N) is 3. The molecule has 0 aliphatic carbocycles. The van der Waals surface area contributed by atoms with Gasteiger partial charge >= 0.3 is 0 Å². The Kier molecular flexibility index (Phi) is 5.37. The Morgan fingerprint density at radius 3 is 2.66 bits per heavy atom. The molecule has 3 aromatic rings. The van der Waals surface area contributed by atoms with E-state index in [9.17, 15) is 9.59 Å². The Labute approximate surface area is 192 Å². The summed E-state index contributed by atoms with van der Waals surface area (Å²) in [5.74, 6) is 0.114. The van der Waals surface area contributed by atoms with Crippen LogP contribution in [0.4, 0.5) is 0 Å². The van der Waals surface area contributed by atoms with Crippen LogP contribution in [0.5, 0.6) is 0 Å². The molecule has 6 nitrogen and oxygen atoms in total. The largest absolute Gasteiger partial charge is 0.351 e. The first-order valence-electron chi connectivity index (χ1n) is 11.2. The molecule has 0 saturated carbocycles. The average molecular weight is 449 g/mol. The van der Waals surface area contributed by atoms with Crippen LogP contribution < -0.4 is 5.32 Å². The predicted molar refractivity (Wildman–Crippen MR) is 124 cm³/mol. The van der Waals surface area contributed by atoms with Gasteiger partial charge in [0.1, 0.15) is 0 Å². The second kappa shape index (κ2) is 8.20. The van der Waals surface area contributed by atoms with Crippen molar-refractivity contribution in [1.29, 1.82) is 0 Å². The molecule has 2 saturated heterocycles. The molecule has 2 aliphatic rings. The molecule has 0 spiro atoms. The number of hydrogen-bond donors (Lipinski definition) is 1. The third-order valence-electron chi connectivity index (χ3n) is 6.95. The second-order valence-corrected chi connectivity index (χ2v) is 10.4. The smallest absolute Gasteiger partial charge is 0.264 e. The van der Waals surface area contributed by atoms with Crippen LogP contribution in [0.25, 0.3) is 0 Å². The highest BCUT2D eigenvalue weighted by atomic mass is 32.1. The molecule has 2 bridgehead atoms. The van der Waals surface area contributed by atoms with Crippen LogP contribution >= 0.6 is 11.3 Å². The zero-order chi connectivity index (χ0) is 22.3. The monoisotopic (exact) mass is 448 g/mol. The Morgan fingerprint density at radius 1 is 1.16 bits per heavy atom. The number of amides is 2. The maximum absolute atomic E-state index is 13.8. The molecule has 2 aliphatic heterocycles. The predicted octanol–water partition coefficient (Wildman–Crippen LogP) is 3.71. The van der Waals surface area contributed by atoms with E-state index in [1.807, 2.05) is 55.4 Å². The van der Waals surface area contributed by atoms with Gasteiger partial charge in [-0.1, -0.05) is 30.3 Å². The van der Waals surface area contributed by atoms with Crippen molar-refractivity contribution < 1.29 is 9.59 Å². The van der Waals surface area contributed by atoms with Gasteiger partial charge in [-0.25, -0.2) is 0 Å². The molecule has 2 aromatic heterocycles. The van der Waals surface area contributed by atoms with Crippen molar-refractivity contribution in [2.75, 3.05) is 0 Å². The number of nitrogens with one attached hydrogen (secondary N) is 1. The zero-order valence-corrected chi connectivity index (χ0v) is 19.3. The minimum absolute atomic E-state index is 0.0394. The normalized spacial score (nSPS) is 24.1. The van der Waals surface area contributed by atoms with Crippen molar-refractivity contribution >= 4 is 23.2 Å². The Morgan fingerprint density at radius 2 is 1.97 bits per heavy atom. The van der Waals surface area contributed by atoms with Gasteiger partial charge < -0.3 is 10.2 Å². The van der Waals surface area contributed by atoms with E-state index in [0.717, 1.165) is 33.7 Å². The lowest BCUT2D eigenvalue weighted by molar-refractivity contribution is -0.132. The SMILES string of the molecule is Cc1ccc(C(=O)N2[C@@H]3CC[C@H]2[C@@](Cc2ccccc2)(C(=O)NCc2cnn(C)c2)C3)s1. The fourth-order valence-electron chi connectivity index (χ4n) is 5.56. The third-order valence-corrected chi connectivity index (χ3v) is 7.94. The van der Waals surface area contributed by atoms with Gasteiger partial charge in [0.2, 0.25) is 5.91 Å². The van der Waals surface area contributed by atoms with Gasteiger partial charge in [0, 0.05) is 42.3 Å². The Hall–Kier alpha value is -2.93. The molecule has 7 heteroatoms. The van der Waals surface area contributed by atoms with E-state index in [-0.39, 0.29) is 23.9 Å². The van der Waals surface area contributed by atoms with Crippen LogP contribution in [0.1, 0.15) is 44.9 Å². The number of hydrogen-bond acceptors (Lipinski definition) is 4. The highest BCUT2D eigenvalue weighted by Crippen LogP contribution is 2.52. The summed E-state index contributed by atoms with van der Waals surface area (Å²) < 4.78 is 1.74. The number of rotatable bonds is 6. The summed E-state index contributed by atoms with van der Waals surface area (Å²) in [5, 5.41) is 7.38. The summed E-state index contributed by atoms with van der Waals surface area (Å²) in [6, 6.07) is 14.1. The highest BCUT2D eigenvalue weighted by molar-refractivity contribution is 7.13. The van der Waals surface area contributed by atoms with Crippen molar-refractivity contribution in [3.05, 3.63) is 75.7 Å². The van der Waals surface area contributed by atoms with Gasteiger partial charge in [-0.05, 0) is 50.3 Å². The minimum Gasteiger partial charge on any atom is -0.351 e. The number of thiophene rings is 1. The fraction of sp³-hybridized carbons (Fsp3) is 0.400. The summed E-state index contributed by atoms with van der Waals surface area (Å²) in [4.78, 5) is 31.2. The number of carbonyl (C=O) groups excluding carboxylic acids is 2. The van der Waals surface area contributed by atoms with E-state index in [1.54, 1.807) is 10.9 Å². The molecule has 2 amide bonds. The Balaban J connectivity index is 1.44. The van der Waals surface area contributed by atoms with Crippen molar-refractivity contribution in [2.24, 2.45) is 12.5 Å². The molecule has 0 unspecified atom stereocenters. The number of benzene rings is 1. The quantitative estimate of drug-likeness (QED) is 0.625. The van der Waals surface area contributed by atoms with E-state index in [1.165, 1.54) is 11.3 Å². The number of aromatic nitrogens is 2. The molecule has 1 aromatic carbocycles. The summed E-state index contributed by atoms with van der Waals surface area (Å²) in [5.41, 5.74) is 1.49. The van der Waals surface area contributed by atoms with Crippen LogP contribution in [0.2, 0.25) is 0 Å². The average Bonchev–Trinajstić information content (AvgIpc) is 3.56. The van der Waals surface area contributed by atoms with E-state index in [2.05, 4.69) is 22.5 Å². The van der Waals surface area contributed by atoms with E-state index in [0.29, 0.717) is 19.4 Å². The molecule has 1 N–H and O–H groups in total. The van der Waals surface area contributed by atoms with Crippen LogP contribution in [-0.2, 0) is 24.8 Å². The van der Waals surface area contributed by atoms with Crippen LogP contribution in [-0.4, -0.2) is 38.6 Å². The lowest BCUT2D eigenvalue weighted by Gasteiger charge is -2.36. The van der Waals surface area contributed by atoms with Gasteiger partial charge in [-0.15, -0.1) is 11.3 Å². The van der Waals surface area contributed by atoms with Crippen molar-refractivity contribution in [2.45, 2.75) is 51.2 Å². The van der Waals surface area contributed by atoms with Crippen LogP contribution in [0.3, 0.4) is 0 Å². The molecule has 2 fully saturated rings.